The molecule has 7 heteroatoms. The van der Waals surface area contributed by atoms with Crippen LogP contribution in [0.25, 0.3) is 0 Å². The number of nitro groups is 1. The Hall–Kier alpha value is -3.40. The molecule has 0 fully saturated rings. The molecule has 0 atom stereocenters. The van der Waals surface area contributed by atoms with E-state index in [1.165, 1.54) is 23.1 Å². The van der Waals surface area contributed by atoms with E-state index in [0.717, 1.165) is 5.56 Å². The molecule has 0 aliphatic rings. The fourth-order valence-electron chi connectivity index (χ4n) is 2.19. The molecule has 0 saturated carbocycles. The molecule has 2 aromatic carbocycles. The lowest BCUT2D eigenvalue weighted by Gasteiger charge is -2.19. The third-order valence-electron chi connectivity index (χ3n) is 3.43. The number of anilines is 2. The molecule has 24 heavy (non-hydrogen) atoms. The molecule has 122 valence electrons. The van der Waals surface area contributed by atoms with Gasteiger partial charge in [-0.25, -0.2) is 0 Å². The van der Waals surface area contributed by atoms with Crippen molar-refractivity contribution in [3.05, 3.63) is 63.7 Å². The van der Waals surface area contributed by atoms with E-state index in [1.54, 1.807) is 19.2 Å². The van der Waals surface area contributed by atoms with E-state index in [1.807, 2.05) is 25.1 Å². The molecule has 0 saturated heterocycles. The number of likely N-dealkylation sites (N-methyl/N-ethyl adjacent to an activating group) is 1. The SMILES string of the molecule is Cc1ccc(NC(=O)CN(C)c2cc(C#N)ccc2[N+](=O)[O-])cc1. The molecule has 0 spiro atoms. The van der Waals surface area contributed by atoms with E-state index in [-0.39, 0.29) is 23.8 Å². The van der Waals surface area contributed by atoms with Crippen LogP contribution in [0.15, 0.2) is 42.5 Å². The van der Waals surface area contributed by atoms with Gasteiger partial charge in [0.15, 0.2) is 0 Å². The zero-order valence-corrected chi connectivity index (χ0v) is 13.3. The van der Waals surface area contributed by atoms with Crippen LogP contribution in [0.4, 0.5) is 17.1 Å². The number of carbonyl (C=O) groups excluding carboxylic acids is 1. The van der Waals surface area contributed by atoms with Crippen molar-refractivity contribution in [3.63, 3.8) is 0 Å². The molecule has 0 aromatic heterocycles. The highest BCUT2D eigenvalue weighted by Gasteiger charge is 2.19. The van der Waals surface area contributed by atoms with Crippen LogP contribution in [0.5, 0.6) is 0 Å². The minimum absolute atomic E-state index is 0.0798. The van der Waals surface area contributed by atoms with E-state index < -0.39 is 4.92 Å². The maximum atomic E-state index is 12.1. The molecule has 0 aliphatic carbocycles. The Bertz CT molecular complexity index is 810. The molecular weight excluding hydrogens is 308 g/mol. The highest BCUT2D eigenvalue weighted by molar-refractivity contribution is 5.94. The largest absolute Gasteiger partial charge is 0.360 e. The van der Waals surface area contributed by atoms with Crippen LogP contribution in [0.3, 0.4) is 0 Å². The summed E-state index contributed by atoms with van der Waals surface area (Å²) >= 11 is 0. The third-order valence-corrected chi connectivity index (χ3v) is 3.43. The first-order valence-corrected chi connectivity index (χ1v) is 7.17. The summed E-state index contributed by atoms with van der Waals surface area (Å²) in [5.74, 6) is -0.307. The Kier molecular flexibility index (Phi) is 5.12. The topological polar surface area (TPSA) is 99.3 Å². The zero-order valence-electron chi connectivity index (χ0n) is 13.3. The standard InChI is InChI=1S/C17H16N4O3/c1-12-3-6-14(7-4-12)19-17(22)11-20(2)16-9-13(10-18)5-8-15(16)21(23)24/h3-9H,11H2,1-2H3,(H,19,22). The predicted octanol–water partition coefficient (Wildman–Crippen LogP) is 2.85. The van der Waals surface area contributed by atoms with Gasteiger partial charge in [-0.15, -0.1) is 0 Å². The van der Waals surface area contributed by atoms with Crippen molar-refractivity contribution in [2.24, 2.45) is 0 Å². The first-order chi connectivity index (χ1) is 11.4. The number of aryl methyl sites for hydroxylation is 1. The van der Waals surface area contributed by atoms with E-state index in [0.29, 0.717) is 11.3 Å². The highest BCUT2D eigenvalue weighted by atomic mass is 16.6. The lowest BCUT2D eigenvalue weighted by atomic mass is 10.1. The molecule has 7 nitrogen and oxygen atoms in total. The van der Waals surface area contributed by atoms with Crippen molar-refractivity contribution in [2.45, 2.75) is 6.92 Å². The minimum Gasteiger partial charge on any atom is -0.360 e. The van der Waals surface area contributed by atoms with Gasteiger partial charge in [-0.1, -0.05) is 17.7 Å². The van der Waals surface area contributed by atoms with E-state index >= 15 is 0 Å². The number of nitriles is 1. The van der Waals surface area contributed by atoms with Crippen molar-refractivity contribution < 1.29 is 9.72 Å². The summed E-state index contributed by atoms with van der Waals surface area (Å²) in [5.41, 5.74) is 2.09. The predicted molar refractivity (Wildman–Crippen MR) is 90.9 cm³/mol. The Balaban J connectivity index is 2.15. The van der Waals surface area contributed by atoms with Crippen LogP contribution in [0.1, 0.15) is 11.1 Å². The average Bonchev–Trinajstić information content (AvgIpc) is 2.56. The molecule has 2 rings (SSSR count). The number of benzene rings is 2. The number of nitrogens with zero attached hydrogens (tertiary/aromatic N) is 3. The lowest BCUT2D eigenvalue weighted by Crippen LogP contribution is -2.30. The van der Waals surface area contributed by atoms with Crippen LogP contribution in [0, 0.1) is 28.4 Å². The summed E-state index contributed by atoms with van der Waals surface area (Å²) in [6.07, 6.45) is 0. The summed E-state index contributed by atoms with van der Waals surface area (Å²) in [6, 6.07) is 13.3. The Morgan fingerprint density at radius 3 is 2.54 bits per heavy atom. The average molecular weight is 324 g/mol. The Labute approximate surface area is 139 Å². The maximum absolute atomic E-state index is 12.1. The van der Waals surface area contributed by atoms with Crippen molar-refractivity contribution in [1.82, 2.24) is 0 Å². The first kappa shape index (κ1) is 17.0. The summed E-state index contributed by atoms with van der Waals surface area (Å²) in [7, 11) is 1.57. The van der Waals surface area contributed by atoms with E-state index in [9.17, 15) is 14.9 Å². The van der Waals surface area contributed by atoms with Gasteiger partial charge in [0, 0.05) is 18.8 Å². The molecule has 0 aliphatic heterocycles. The molecule has 0 heterocycles. The van der Waals surface area contributed by atoms with Gasteiger partial charge in [-0.05, 0) is 31.2 Å². The fourth-order valence-corrected chi connectivity index (χ4v) is 2.19. The Morgan fingerprint density at radius 1 is 1.29 bits per heavy atom. The van der Waals surface area contributed by atoms with Crippen LogP contribution in [-0.4, -0.2) is 24.4 Å². The second kappa shape index (κ2) is 7.24. The lowest BCUT2D eigenvalue weighted by molar-refractivity contribution is -0.384. The third kappa shape index (κ3) is 4.08. The molecule has 1 N–H and O–H groups in total. The minimum atomic E-state index is -0.537. The number of amides is 1. The van der Waals surface area contributed by atoms with Crippen molar-refractivity contribution in [2.75, 3.05) is 23.8 Å². The van der Waals surface area contributed by atoms with Crippen LogP contribution in [0.2, 0.25) is 0 Å². The molecule has 0 unspecified atom stereocenters. The molecule has 0 radical (unpaired) electrons. The van der Waals surface area contributed by atoms with Gasteiger partial charge in [0.05, 0.1) is 23.1 Å². The van der Waals surface area contributed by atoms with Crippen LogP contribution in [-0.2, 0) is 4.79 Å². The van der Waals surface area contributed by atoms with Gasteiger partial charge in [0.2, 0.25) is 5.91 Å². The van der Waals surface area contributed by atoms with Crippen molar-refractivity contribution >= 4 is 23.0 Å². The molecular formula is C17H16N4O3. The van der Waals surface area contributed by atoms with E-state index in [2.05, 4.69) is 5.32 Å². The van der Waals surface area contributed by atoms with E-state index in [4.69, 9.17) is 5.26 Å². The number of carbonyl (C=O) groups is 1. The second-order valence-corrected chi connectivity index (χ2v) is 5.34. The van der Waals surface area contributed by atoms with Crippen molar-refractivity contribution in [1.29, 1.82) is 5.26 Å². The Morgan fingerprint density at radius 2 is 1.96 bits per heavy atom. The second-order valence-electron chi connectivity index (χ2n) is 5.34. The van der Waals surface area contributed by atoms with Gasteiger partial charge in [-0.3, -0.25) is 14.9 Å². The van der Waals surface area contributed by atoms with Gasteiger partial charge in [0.25, 0.3) is 5.69 Å². The smallest absolute Gasteiger partial charge is 0.292 e. The number of hydrogen-bond acceptors (Lipinski definition) is 5. The summed E-state index contributed by atoms with van der Waals surface area (Å²) in [5, 5.41) is 22.8. The van der Waals surface area contributed by atoms with Gasteiger partial charge >= 0.3 is 0 Å². The number of rotatable bonds is 5. The normalized spacial score (nSPS) is 9.88. The highest BCUT2D eigenvalue weighted by Crippen LogP contribution is 2.28. The summed E-state index contributed by atoms with van der Waals surface area (Å²) < 4.78 is 0. The zero-order chi connectivity index (χ0) is 17.7. The maximum Gasteiger partial charge on any atom is 0.292 e. The van der Waals surface area contributed by atoms with Gasteiger partial charge in [0.1, 0.15) is 5.69 Å². The van der Waals surface area contributed by atoms with Crippen LogP contribution < -0.4 is 10.2 Å². The molecule has 1 amide bonds. The van der Waals surface area contributed by atoms with Gasteiger partial charge < -0.3 is 10.2 Å². The first-order valence-electron chi connectivity index (χ1n) is 7.17. The number of nitro benzene ring substituents is 1. The summed E-state index contributed by atoms with van der Waals surface area (Å²) in [6.45, 7) is 1.87. The number of nitrogens with one attached hydrogen (secondary N) is 1. The number of hydrogen-bond donors (Lipinski definition) is 1. The summed E-state index contributed by atoms with van der Waals surface area (Å²) in [4.78, 5) is 24.2. The monoisotopic (exact) mass is 324 g/mol. The van der Waals surface area contributed by atoms with Crippen molar-refractivity contribution in [3.8, 4) is 6.07 Å². The van der Waals surface area contributed by atoms with Crippen LogP contribution >= 0.6 is 0 Å². The molecule has 2 aromatic rings. The quantitative estimate of drug-likeness (QED) is 0.673. The molecule has 0 bridgehead atoms. The fraction of sp³-hybridized carbons (Fsp3) is 0.176. The van der Waals surface area contributed by atoms with Gasteiger partial charge in [-0.2, -0.15) is 5.26 Å².